The van der Waals surface area contributed by atoms with Gasteiger partial charge >= 0.3 is 251 Å². The summed E-state index contributed by atoms with van der Waals surface area (Å²) in [6, 6.07) is 29.0. The predicted molar refractivity (Wildman–Crippen MR) is 172 cm³/mol. The quantitative estimate of drug-likeness (QED) is 0.154. The van der Waals surface area contributed by atoms with Crippen molar-refractivity contribution in [2.24, 2.45) is 19.1 Å². The van der Waals surface area contributed by atoms with Crippen LogP contribution in [0.2, 0.25) is 0 Å². The summed E-state index contributed by atoms with van der Waals surface area (Å²) in [5.41, 5.74) is 5.49. The third-order valence-electron chi connectivity index (χ3n) is 7.92. The van der Waals surface area contributed by atoms with Gasteiger partial charge in [-0.05, 0) is 0 Å². The van der Waals surface area contributed by atoms with E-state index >= 15 is 0 Å². The Kier molecular flexibility index (Phi) is 5.11. The third kappa shape index (κ3) is 4.00. The zero-order chi connectivity index (χ0) is 30.5. The van der Waals surface area contributed by atoms with Crippen molar-refractivity contribution in [1.29, 1.82) is 0 Å². The summed E-state index contributed by atoms with van der Waals surface area (Å²) in [5, 5.41) is 3.06. The van der Waals surface area contributed by atoms with E-state index in [1.54, 1.807) is 12.1 Å². The zero-order valence-corrected chi connectivity index (χ0v) is 24.5. The van der Waals surface area contributed by atoms with Crippen LogP contribution >= 0.6 is 0 Å². The van der Waals surface area contributed by atoms with Crippen molar-refractivity contribution in [1.82, 2.24) is 39.9 Å². The third-order valence-corrected chi connectivity index (χ3v) is 9.65. The Balaban J connectivity index is 1.52. The molecule has 2 aliphatic heterocycles. The van der Waals surface area contributed by atoms with Crippen LogP contribution in [0.5, 0.6) is 0 Å². The number of hydrogen-bond donors (Lipinski definition) is 6. The Morgan fingerprint density at radius 2 is 0.778 bits per heavy atom. The Bertz CT molecular complexity index is 2560. The average molecular weight is 637 g/mol. The molecule has 0 saturated carbocycles. The summed E-state index contributed by atoms with van der Waals surface area (Å²) in [7, 11) is 0. The normalized spacial score (nSPS) is 13.4. The monoisotopic (exact) mass is 636 g/mol. The topological polar surface area (TPSA) is 213 Å². The Morgan fingerprint density at radius 1 is 0.400 bits per heavy atom. The molecule has 10 N–H and O–H groups in total. The molecule has 13 heteroatoms. The van der Waals surface area contributed by atoms with Crippen LogP contribution in [0.3, 0.4) is 0 Å². The number of fused-ring (bicyclic) bond motifs is 20. The van der Waals surface area contributed by atoms with Gasteiger partial charge in [0.1, 0.15) is 0 Å². The number of nitrogens with two attached hydrogens (primary N) is 4. The Labute approximate surface area is 256 Å². The summed E-state index contributed by atoms with van der Waals surface area (Å²) in [5.74, 6) is 1.96. The molecule has 45 heavy (non-hydrogen) atoms. The second-order valence-corrected chi connectivity index (χ2v) is 14.8. The van der Waals surface area contributed by atoms with Crippen LogP contribution in [-0.4, -0.2) is 39.9 Å². The minimum atomic E-state index is -4.24. The molecule has 0 unspecified atom stereocenters. The maximum atomic E-state index is 6.41. The summed E-state index contributed by atoms with van der Waals surface area (Å²) in [6.45, 7) is 0. The molecule has 5 heterocycles. The molecule has 0 saturated heterocycles. The molecule has 0 amide bonds. The Hall–Kier alpha value is -5.41. The molecule has 0 aliphatic carbocycles. The van der Waals surface area contributed by atoms with Crippen LogP contribution in [0.25, 0.3) is 89.7 Å². The zero-order valence-electron chi connectivity index (χ0n) is 23.5. The maximum absolute atomic E-state index is 6.41. The van der Waals surface area contributed by atoms with Gasteiger partial charge in [0.05, 0.1) is 0 Å². The van der Waals surface area contributed by atoms with E-state index in [2.05, 4.69) is 9.97 Å². The van der Waals surface area contributed by atoms with Crippen LogP contribution < -0.4 is 23.6 Å². The molecule has 222 valence electrons. The van der Waals surface area contributed by atoms with Gasteiger partial charge in [-0.1, -0.05) is 6.07 Å². The molecule has 12 nitrogen and oxygen atoms in total. The standard InChI is InChI=1S/C32H17N8.Co.4H2N/c1-2-10-18-17(9-1)25-33-26(18)38-28-21-13-5-6-14-22(21)30(35-28)40-32-24-16-8-7-15-23(24)31(36-32)39-29-20-12-4-3-11-19(20)27(34-29)37-25;;;;;/h1-15H,(H2,33,34,35,36,37,38,39,40);;4*1H2/q;+4;4*-1. The fourth-order valence-electron chi connectivity index (χ4n) is 5.95. The second-order valence-electron chi connectivity index (χ2n) is 10.9. The van der Waals surface area contributed by atoms with Crippen molar-refractivity contribution in [2.45, 2.75) is 0 Å². The number of H-pyrrole nitrogens is 2. The van der Waals surface area contributed by atoms with Gasteiger partial charge in [0.25, 0.3) is 0 Å². The molecular weight excluding hydrogens is 611 g/mol. The van der Waals surface area contributed by atoms with Crippen molar-refractivity contribution < 1.29 is 12.4 Å². The van der Waals surface area contributed by atoms with Gasteiger partial charge in [-0.2, -0.15) is 0 Å². The summed E-state index contributed by atoms with van der Waals surface area (Å²) < 4.78 is 0.397. The van der Waals surface area contributed by atoms with Gasteiger partial charge in [-0.3, -0.25) is 0 Å². The van der Waals surface area contributed by atoms with Crippen molar-refractivity contribution in [3.63, 3.8) is 0 Å². The van der Waals surface area contributed by atoms with Crippen LogP contribution in [-0.2, 0) is 12.4 Å². The fourth-order valence-corrected chi connectivity index (χ4v) is 7.32. The second kappa shape index (κ2) is 8.83. The molecule has 8 bridgehead atoms. The van der Waals surface area contributed by atoms with E-state index in [0.717, 1.165) is 33.0 Å². The van der Waals surface area contributed by atoms with Crippen molar-refractivity contribution in [3.8, 4) is 45.6 Å². The fraction of sp³-hybridized carbons (Fsp3) is 0. The average Bonchev–Trinajstić information content (AvgIpc) is 3.76. The molecule has 2 aliphatic rings. The van der Waals surface area contributed by atoms with Crippen LogP contribution in [0, 0.1) is 0 Å². The molecule has 7 aromatic rings. The van der Waals surface area contributed by atoms with E-state index in [1.807, 2.05) is 78.9 Å². The number of nitrogens with one attached hydrogen (secondary N) is 2. The van der Waals surface area contributed by atoms with Crippen LogP contribution in [0.4, 0.5) is 0 Å². The van der Waals surface area contributed by atoms with E-state index < -0.39 is 12.4 Å². The van der Waals surface area contributed by atoms with Crippen LogP contribution in [0.15, 0.2) is 91.0 Å². The number of hydrogen-bond acceptors (Lipinski definition) is 10. The van der Waals surface area contributed by atoms with Crippen molar-refractivity contribution in [2.75, 3.05) is 0 Å². The number of rotatable bonds is 1. The summed E-state index contributed by atoms with van der Waals surface area (Å²) >= 11 is -4.24. The SMILES string of the molecule is [NH2][Co]([NH2])([NH2])([NH2])[c]1cccc2c3nc4nc(nc5[nH]c(nc6nc(nc([nH]3)c12)-c1ccccc1-6)c1ccccc51)-c1ccccc1-4. The van der Waals surface area contributed by atoms with Gasteiger partial charge in [-0.25, -0.2) is 0 Å². The number of nitrogens with zero attached hydrogens (tertiary/aromatic N) is 6. The first-order valence-electron chi connectivity index (χ1n) is 13.8. The minimum absolute atomic E-state index is 0.397. The Morgan fingerprint density at radius 3 is 1.24 bits per heavy atom. The number of aromatic nitrogens is 8. The number of benzene rings is 4. The number of aromatic amines is 2. The van der Waals surface area contributed by atoms with E-state index in [0.29, 0.717) is 61.2 Å². The first-order chi connectivity index (χ1) is 21.7. The van der Waals surface area contributed by atoms with E-state index in [9.17, 15) is 0 Å². The van der Waals surface area contributed by atoms with Crippen molar-refractivity contribution in [3.05, 3.63) is 91.0 Å². The van der Waals surface area contributed by atoms with Crippen LogP contribution in [0.1, 0.15) is 0 Å². The summed E-state index contributed by atoms with van der Waals surface area (Å²) in [6.07, 6.45) is 0. The molecule has 3 aromatic heterocycles. The predicted octanol–water partition coefficient (Wildman–Crippen LogP) is 3.68. The first-order valence-corrected chi connectivity index (χ1v) is 16.8. The molecule has 0 spiro atoms. The molecular formula is C32H25CoN12. The van der Waals surface area contributed by atoms with Crippen molar-refractivity contribution >= 4 is 48.6 Å². The molecule has 0 fully saturated rings. The summed E-state index contributed by atoms with van der Waals surface area (Å²) in [4.78, 5) is 62.3. The molecule has 4 aromatic carbocycles. The van der Waals surface area contributed by atoms with Gasteiger partial charge in [0.2, 0.25) is 0 Å². The first kappa shape index (κ1) is 26.0. The van der Waals surface area contributed by atoms with E-state index in [-0.39, 0.29) is 0 Å². The van der Waals surface area contributed by atoms with Gasteiger partial charge < -0.3 is 0 Å². The van der Waals surface area contributed by atoms with Gasteiger partial charge in [-0.15, -0.1) is 0 Å². The van der Waals surface area contributed by atoms with Gasteiger partial charge in [0.15, 0.2) is 0 Å². The van der Waals surface area contributed by atoms with E-state index in [4.69, 9.17) is 49.0 Å². The molecule has 0 radical (unpaired) electrons. The molecule has 0 atom stereocenters. The van der Waals surface area contributed by atoms with Gasteiger partial charge in [0, 0.05) is 0 Å². The van der Waals surface area contributed by atoms with E-state index in [1.165, 1.54) is 0 Å². The molecule has 9 rings (SSSR count).